The number of hydrogen-bond donors (Lipinski definition) is 0. The molecule has 0 amide bonds. The number of halogens is 1. The van der Waals surface area contributed by atoms with E-state index in [1.165, 1.54) is 6.07 Å². The summed E-state index contributed by atoms with van der Waals surface area (Å²) in [5.74, 6) is -0.135. The second-order valence-corrected chi connectivity index (χ2v) is 4.33. The lowest BCUT2D eigenvalue weighted by atomic mass is 10.0. The van der Waals surface area contributed by atoms with Crippen LogP contribution < -0.4 is 4.90 Å². The van der Waals surface area contributed by atoms with Crippen LogP contribution in [0.15, 0.2) is 48.5 Å². The molecule has 2 aromatic rings. The highest BCUT2D eigenvalue weighted by Crippen LogP contribution is 2.16. The molecule has 2 aromatic carbocycles. The number of anilines is 1. The summed E-state index contributed by atoms with van der Waals surface area (Å²) in [5.41, 5.74) is 3.02. The lowest BCUT2D eigenvalue weighted by Crippen LogP contribution is -2.08. The molecule has 0 saturated carbocycles. The number of nitrogens with zero attached hydrogens (tertiary/aromatic N) is 1. The van der Waals surface area contributed by atoms with Gasteiger partial charge < -0.3 is 4.90 Å². The SMILES string of the molecule is CN(C)c1ccc(Cc2ccccc2F)cc1. The molecule has 0 atom stereocenters. The van der Waals surface area contributed by atoms with Crippen LogP contribution in [0.2, 0.25) is 0 Å². The highest BCUT2D eigenvalue weighted by Gasteiger charge is 2.02. The Balaban J connectivity index is 2.17. The van der Waals surface area contributed by atoms with E-state index in [1.807, 2.05) is 43.3 Å². The lowest BCUT2D eigenvalue weighted by molar-refractivity contribution is 0.614. The maximum absolute atomic E-state index is 13.5. The van der Waals surface area contributed by atoms with Gasteiger partial charge >= 0.3 is 0 Å². The molecular formula is C15H16FN. The van der Waals surface area contributed by atoms with Gasteiger partial charge in [-0.05, 0) is 29.3 Å². The molecule has 0 aromatic heterocycles. The first-order valence-corrected chi connectivity index (χ1v) is 5.66. The van der Waals surface area contributed by atoms with Crippen molar-refractivity contribution in [1.82, 2.24) is 0 Å². The molecule has 17 heavy (non-hydrogen) atoms. The van der Waals surface area contributed by atoms with Crippen molar-refractivity contribution < 1.29 is 4.39 Å². The summed E-state index contributed by atoms with van der Waals surface area (Å²) >= 11 is 0. The first kappa shape index (κ1) is 11.6. The lowest BCUT2D eigenvalue weighted by Gasteiger charge is -2.12. The molecule has 1 nitrogen and oxygen atoms in total. The van der Waals surface area contributed by atoms with Crippen LogP contribution in [0.3, 0.4) is 0 Å². The van der Waals surface area contributed by atoms with Crippen molar-refractivity contribution in [2.24, 2.45) is 0 Å². The van der Waals surface area contributed by atoms with E-state index < -0.39 is 0 Å². The zero-order chi connectivity index (χ0) is 12.3. The molecule has 88 valence electrons. The van der Waals surface area contributed by atoms with Gasteiger partial charge in [-0.15, -0.1) is 0 Å². The Bertz CT molecular complexity index is 489. The minimum absolute atomic E-state index is 0.135. The van der Waals surface area contributed by atoms with Gasteiger partial charge in [-0.2, -0.15) is 0 Å². The maximum atomic E-state index is 13.5. The van der Waals surface area contributed by atoms with Crippen LogP contribution in [-0.4, -0.2) is 14.1 Å². The Kier molecular flexibility index (Phi) is 3.43. The van der Waals surface area contributed by atoms with Crippen molar-refractivity contribution >= 4 is 5.69 Å². The minimum atomic E-state index is -0.135. The third-order valence-electron chi connectivity index (χ3n) is 2.81. The second-order valence-electron chi connectivity index (χ2n) is 4.33. The molecule has 0 heterocycles. The van der Waals surface area contributed by atoms with Crippen molar-refractivity contribution in [3.8, 4) is 0 Å². The van der Waals surface area contributed by atoms with E-state index in [0.717, 1.165) is 16.8 Å². The maximum Gasteiger partial charge on any atom is 0.126 e. The van der Waals surface area contributed by atoms with Crippen molar-refractivity contribution in [2.75, 3.05) is 19.0 Å². The molecule has 0 N–H and O–H groups in total. The predicted octanol–water partition coefficient (Wildman–Crippen LogP) is 3.48. The fraction of sp³-hybridized carbons (Fsp3) is 0.200. The van der Waals surface area contributed by atoms with Gasteiger partial charge in [0.1, 0.15) is 5.82 Å². The molecule has 0 aliphatic carbocycles. The van der Waals surface area contributed by atoms with Gasteiger partial charge in [0, 0.05) is 26.2 Å². The van der Waals surface area contributed by atoms with Gasteiger partial charge in [0.25, 0.3) is 0 Å². The topological polar surface area (TPSA) is 3.24 Å². The van der Waals surface area contributed by atoms with E-state index >= 15 is 0 Å². The summed E-state index contributed by atoms with van der Waals surface area (Å²) in [6.07, 6.45) is 0.639. The predicted molar refractivity (Wildman–Crippen MR) is 70.0 cm³/mol. The van der Waals surface area contributed by atoms with Crippen LogP contribution >= 0.6 is 0 Å². The summed E-state index contributed by atoms with van der Waals surface area (Å²) in [6, 6.07) is 15.1. The zero-order valence-corrected chi connectivity index (χ0v) is 10.2. The highest BCUT2D eigenvalue weighted by atomic mass is 19.1. The quantitative estimate of drug-likeness (QED) is 0.778. The van der Waals surface area contributed by atoms with E-state index in [2.05, 4.69) is 12.1 Å². The summed E-state index contributed by atoms with van der Waals surface area (Å²) in [4.78, 5) is 2.05. The van der Waals surface area contributed by atoms with E-state index in [0.29, 0.717) is 6.42 Å². The monoisotopic (exact) mass is 229 g/mol. The smallest absolute Gasteiger partial charge is 0.126 e. The molecular weight excluding hydrogens is 213 g/mol. The molecule has 0 aliphatic rings. The molecule has 2 rings (SSSR count). The average Bonchev–Trinajstić information content (AvgIpc) is 2.33. The Hall–Kier alpha value is -1.83. The largest absolute Gasteiger partial charge is 0.378 e. The van der Waals surface area contributed by atoms with E-state index in [9.17, 15) is 4.39 Å². The Morgan fingerprint density at radius 1 is 0.941 bits per heavy atom. The van der Waals surface area contributed by atoms with Crippen LogP contribution in [-0.2, 0) is 6.42 Å². The Labute approximate surface area is 102 Å². The van der Waals surface area contributed by atoms with Gasteiger partial charge in [0.2, 0.25) is 0 Å². The van der Waals surface area contributed by atoms with E-state index in [4.69, 9.17) is 0 Å². The third-order valence-corrected chi connectivity index (χ3v) is 2.81. The molecule has 0 radical (unpaired) electrons. The standard InChI is InChI=1S/C15H16FN/c1-17(2)14-9-7-12(8-10-14)11-13-5-3-4-6-15(13)16/h3-10H,11H2,1-2H3. The summed E-state index contributed by atoms with van der Waals surface area (Å²) in [6.45, 7) is 0. The minimum Gasteiger partial charge on any atom is -0.378 e. The second kappa shape index (κ2) is 5.00. The fourth-order valence-corrected chi connectivity index (χ4v) is 1.77. The van der Waals surface area contributed by atoms with Crippen molar-refractivity contribution in [2.45, 2.75) is 6.42 Å². The highest BCUT2D eigenvalue weighted by molar-refractivity contribution is 5.46. The third kappa shape index (κ3) is 2.84. The van der Waals surface area contributed by atoms with Crippen LogP contribution in [0.5, 0.6) is 0 Å². The Morgan fingerprint density at radius 3 is 2.18 bits per heavy atom. The zero-order valence-electron chi connectivity index (χ0n) is 10.2. The Morgan fingerprint density at radius 2 is 1.59 bits per heavy atom. The van der Waals surface area contributed by atoms with Gasteiger partial charge in [-0.3, -0.25) is 0 Å². The molecule has 0 fully saturated rings. The number of benzene rings is 2. The van der Waals surface area contributed by atoms with Crippen molar-refractivity contribution in [3.05, 3.63) is 65.5 Å². The molecule has 0 aliphatic heterocycles. The molecule has 0 unspecified atom stereocenters. The van der Waals surface area contributed by atoms with Crippen molar-refractivity contribution in [1.29, 1.82) is 0 Å². The van der Waals surface area contributed by atoms with Crippen LogP contribution in [0.25, 0.3) is 0 Å². The van der Waals surface area contributed by atoms with Gasteiger partial charge in [-0.25, -0.2) is 4.39 Å². The van der Waals surface area contributed by atoms with Gasteiger partial charge in [-0.1, -0.05) is 30.3 Å². The van der Waals surface area contributed by atoms with Crippen LogP contribution in [0.4, 0.5) is 10.1 Å². The first-order chi connectivity index (χ1) is 8.16. The molecule has 0 saturated heterocycles. The van der Waals surface area contributed by atoms with Gasteiger partial charge in [0.15, 0.2) is 0 Å². The summed E-state index contributed by atoms with van der Waals surface area (Å²) < 4.78 is 13.5. The fourth-order valence-electron chi connectivity index (χ4n) is 1.77. The summed E-state index contributed by atoms with van der Waals surface area (Å²) in [5, 5.41) is 0. The van der Waals surface area contributed by atoms with Gasteiger partial charge in [0.05, 0.1) is 0 Å². The summed E-state index contributed by atoms with van der Waals surface area (Å²) in [7, 11) is 4.01. The number of hydrogen-bond acceptors (Lipinski definition) is 1. The van der Waals surface area contributed by atoms with Crippen LogP contribution in [0.1, 0.15) is 11.1 Å². The van der Waals surface area contributed by atoms with E-state index in [-0.39, 0.29) is 5.82 Å². The normalized spacial score (nSPS) is 10.3. The molecule has 0 bridgehead atoms. The first-order valence-electron chi connectivity index (χ1n) is 5.66. The molecule has 2 heteroatoms. The number of rotatable bonds is 3. The van der Waals surface area contributed by atoms with E-state index in [1.54, 1.807) is 6.07 Å². The molecule has 0 spiro atoms. The average molecular weight is 229 g/mol. The van der Waals surface area contributed by atoms with Crippen molar-refractivity contribution in [3.63, 3.8) is 0 Å². The van der Waals surface area contributed by atoms with Crippen LogP contribution in [0, 0.1) is 5.82 Å².